The van der Waals surface area contributed by atoms with Crippen molar-refractivity contribution in [3.8, 4) is 5.75 Å². The van der Waals surface area contributed by atoms with E-state index in [9.17, 15) is 22.0 Å². The molecule has 0 radical (unpaired) electrons. The van der Waals surface area contributed by atoms with Crippen molar-refractivity contribution in [1.82, 2.24) is 0 Å². The lowest BCUT2D eigenvalue weighted by Gasteiger charge is -2.10. The quantitative estimate of drug-likeness (QED) is 0.476. The van der Waals surface area contributed by atoms with Crippen LogP contribution in [0, 0.1) is 0 Å². The summed E-state index contributed by atoms with van der Waals surface area (Å²) in [5.74, 6) is -0.467. The van der Waals surface area contributed by atoms with Crippen molar-refractivity contribution < 1.29 is 26.7 Å². The molecule has 0 fully saturated rings. The molecule has 6 nitrogen and oxygen atoms in total. The van der Waals surface area contributed by atoms with Crippen LogP contribution in [0.3, 0.4) is 0 Å². The summed E-state index contributed by atoms with van der Waals surface area (Å²) in [7, 11) is -3.76. The van der Waals surface area contributed by atoms with Crippen molar-refractivity contribution in [2.24, 2.45) is 0 Å². The number of alkyl halides is 2. The molecule has 0 saturated carbocycles. The number of sulfonamides is 1. The highest BCUT2D eigenvalue weighted by Gasteiger charge is 2.14. The first kappa shape index (κ1) is 21.7. The summed E-state index contributed by atoms with van der Waals surface area (Å²) < 4.78 is 56.6. The molecule has 2 N–H and O–H groups in total. The van der Waals surface area contributed by atoms with Gasteiger partial charge in [-0.1, -0.05) is 15.9 Å². The molecule has 3 rings (SSSR count). The molecule has 1 amide bonds. The van der Waals surface area contributed by atoms with E-state index in [-0.39, 0.29) is 16.2 Å². The number of halogens is 3. The zero-order valence-corrected chi connectivity index (χ0v) is 17.6. The summed E-state index contributed by atoms with van der Waals surface area (Å²) in [5, 5.41) is 2.61. The average molecular weight is 497 g/mol. The van der Waals surface area contributed by atoms with Crippen LogP contribution >= 0.6 is 15.9 Å². The lowest BCUT2D eigenvalue weighted by atomic mass is 10.2. The minimum Gasteiger partial charge on any atom is -0.435 e. The maximum atomic E-state index is 12.4. The van der Waals surface area contributed by atoms with E-state index in [1.54, 1.807) is 12.1 Å². The monoisotopic (exact) mass is 496 g/mol. The molecule has 0 aliphatic rings. The molecule has 0 atom stereocenters. The maximum Gasteiger partial charge on any atom is 0.387 e. The van der Waals surface area contributed by atoms with E-state index < -0.39 is 22.5 Å². The number of rotatable bonds is 7. The van der Waals surface area contributed by atoms with Crippen molar-refractivity contribution in [3.63, 3.8) is 0 Å². The van der Waals surface area contributed by atoms with Crippen LogP contribution in [0.25, 0.3) is 0 Å². The van der Waals surface area contributed by atoms with E-state index in [2.05, 4.69) is 30.7 Å². The molecule has 3 aromatic rings. The topological polar surface area (TPSA) is 84.5 Å². The lowest BCUT2D eigenvalue weighted by Crippen LogP contribution is -2.14. The fraction of sp³-hybridized carbons (Fsp3) is 0.0500. The zero-order chi connectivity index (χ0) is 21.7. The molecule has 0 unspecified atom stereocenters. The Morgan fingerprint density at radius 2 is 1.43 bits per heavy atom. The third-order valence-electron chi connectivity index (χ3n) is 3.86. The molecule has 0 bridgehead atoms. The Kier molecular flexibility index (Phi) is 6.68. The maximum absolute atomic E-state index is 12.4. The van der Waals surface area contributed by atoms with Gasteiger partial charge in [-0.2, -0.15) is 8.78 Å². The van der Waals surface area contributed by atoms with Crippen LogP contribution in [-0.2, 0) is 10.0 Å². The van der Waals surface area contributed by atoms with Gasteiger partial charge in [-0.15, -0.1) is 0 Å². The van der Waals surface area contributed by atoms with Crippen molar-refractivity contribution >= 4 is 43.2 Å². The second kappa shape index (κ2) is 9.23. The number of amides is 1. The first-order chi connectivity index (χ1) is 14.2. The molecule has 0 aliphatic carbocycles. The van der Waals surface area contributed by atoms with Gasteiger partial charge in [0.05, 0.1) is 4.90 Å². The van der Waals surface area contributed by atoms with Crippen LogP contribution in [-0.4, -0.2) is 20.9 Å². The van der Waals surface area contributed by atoms with Crippen LogP contribution in [0.1, 0.15) is 10.4 Å². The molecule has 156 valence electrons. The lowest BCUT2D eigenvalue weighted by molar-refractivity contribution is -0.0498. The van der Waals surface area contributed by atoms with Gasteiger partial charge in [0.15, 0.2) is 0 Å². The highest BCUT2D eigenvalue weighted by Crippen LogP contribution is 2.21. The van der Waals surface area contributed by atoms with Gasteiger partial charge in [0.2, 0.25) is 0 Å². The van der Waals surface area contributed by atoms with Gasteiger partial charge in [-0.05, 0) is 72.8 Å². The van der Waals surface area contributed by atoms with Gasteiger partial charge in [-0.25, -0.2) is 8.42 Å². The number of hydrogen-bond acceptors (Lipinski definition) is 4. The Morgan fingerprint density at radius 1 is 0.867 bits per heavy atom. The second-order valence-corrected chi connectivity index (χ2v) is 8.59. The highest BCUT2D eigenvalue weighted by atomic mass is 79.9. The van der Waals surface area contributed by atoms with Crippen molar-refractivity contribution in [3.05, 3.63) is 82.8 Å². The standard InChI is InChI=1S/C20H15BrF2N2O4S/c21-14-3-11-18(12-4-14)30(27,28)25-16-5-1-13(2-6-16)19(26)24-15-7-9-17(10-8-15)29-20(22)23/h1-12,20,25H,(H,24,26). The summed E-state index contributed by atoms with van der Waals surface area (Å²) in [6.07, 6.45) is 0. The third-order valence-corrected chi connectivity index (χ3v) is 5.79. The van der Waals surface area contributed by atoms with Crippen LogP contribution in [0.15, 0.2) is 82.2 Å². The Bertz CT molecular complexity index is 1120. The SMILES string of the molecule is O=C(Nc1ccc(OC(F)F)cc1)c1ccc(NS(=O)(=O)c2ccc(Br)cc2)cc1. The predicted octanol–water partition coefficient (Wildman–Crippen LogP) is 5.10. The number of hydrogen-bond donors (Lipinski definition) is 2. The largest absolute Gasteiger partial charge is 0.435 e. The van der Waals surface area contributed by atoms with Crippen molar-refractivity contribution in [1.29, 1.82) is 0 Å². The normalized spacial score (nSPS) is 11.2. The molecule has 30 heavy (non-hydrogen) atoms. The van der Waals surface area contributed by atoms with Crippen molar-refractivity contribution in [2.45, 2.75) is 11.5 Å². The number of carbonyl (C=O) groups excluding carboxylic acids is 1. The van der Waals surface area contributed by atoms with Gasteiger partial charge in [0.1, 0.15) is 5.75 Å². The summed E-state index contributed by atoms with van der Waals surface area (Å²) >= 11 is 3.25. The first-order valence-electron chi connectivity index (χ1n) is 8.48. The number of carbonyl (C=O) groups is 1. The number of benzene rings is 3. The summed E-state index contributed by atoms with van der Waals surface area (Å²) in [6, 6.07) is 17.5. The van der Waals surface area contributed by atoms with Crippen LogP contribution in [0.2, 0.25) is 0 Å². The van der Waals surface area contributed by atoms with Gasteiger partial charge in [0.25, 0.3) is 15.9 Å². The molecular formula is C20H15BrF2N2O4S. The van der Waals surface area contributed by atoms with E-state index in [0.717, 1.165) is 4.47 Å². The number of ether oxygens (including phenoxy) is 1. The third kappa shape index (κ3) is 5.77. The minimum absolute atomic E-state index is 0.0228. The van der Waals surface area contributed by atoms with E-state index >= 15 is 0 Å². The van der Waals surface area contributed by atoms with Crippen LogP contribution in [0.5, 0.6) is 5.75 Å². The Hall–Kier alpha value is -2.98. The van der Waals surface area contributed by atoms with Crippen LogP contribution in [0.4, 0.5) is 20.2 Å². The van der Waals surface area contributed by atoms with Gasteiger partial charge in [0, 0.05) is 21.4 Å². The molecule has 3 aromatic carbocycles. The Morgan fingerprint density at radius 3 is 2.00 bits per heavy atom. The van der Waals surface area contributed by atoms with E-state index in [4.69, 9.17) is 0 Å². The second-order valence-electron chi connectivity index (χ2n) is 5.99. The van der Waals surface area contributed by atoms with E-state index in [1.807, 2.05) is 0 Å². The smallest absolute Gasteiger partial charge is 0.387 e. The summed E-state index contributed by atoms with van der Waals surface area (Å²) in [4.78, 5) is 12.4. The molecule has 0 aliphatic heterocycles. The van der Waals surface area contributed by atoms with Crippen molar-refractivity contribution in [2.75, 3.05) is 10.0 Å². The summed E-state index contributed by atoms with van der Waals surface area (Å²) in [5.41, 5.74) is 0.971. The van der Waals surface area contributed by atoms with E-state index in [1.165, 1.54) is 60.7 Å². The molecule has 0 saturated heterocycles. The molecule has 0 heterocycles. The van der Waals surface area contributed by atoms with E-state index in [0.29, 0.717) is 11.4 Å². The zero-order valence-electron chi connectivity index (χ0n) is 15.2. The first-order valence-corrected chi connectivity index (χ1v) is 10.8. The molecule has 0 spiro atoms. The summed E-state index contributed by atoms with van der Waals surface area (Å²) in [6.45, 7) is -2.93. The van der Waals surface area contributed by atoms with Gasteiger partial charge < -0.3 is 10.1 Å². The van der Waals surface area contributed by atoms with Gasteiger partial charge in [-0.3, -0.25) is 9.52 Å². The molecule has 10 heteroatoms. The Labute approximate surface area is 180 Å². The average Bonchev–Trinajstić information content (AvgIpc) is 2.69. The fourth-order valence-electron chi connectivity index (χ4n) is 2.44. The number of anilines is 2. The highest BCUT2D eigenvalue weighted by molar-refractivity contribution is 9.10. The molecular weight excluding hydrogens is 482 g/mol. The predicted molar refractivity (Wildman–Crippen MR) is 112 cm³/mol. The fourth-order valence-corrected chi connectivity index (χ4v) is 3.76. The van der Waals surface area contributed by atoms with Gasteiger partial charge >= 0.3 is 6.61 Å². The minimum atomic E-state index is -3.76. The molecule has 0 aromatic heterocycles. The Balaban J connectivity index is 1.64. The number of nitrogens with one attached hydrogen (secondary N) is 2. The van der Waals surface area contributed by atoms with Crippen LogP contribution < -0.4 is 14.8 Å².